The molecule has 2 aromatic heterocycles. The van der Waals surface area contributed by atoms with E-state index in [4.69, 9.17) is 16.6 Å². The summed E-state index contributed by atoms with van der Waals surface area (Å²) in [5.41, 5.74) is 2.96. The van der Waals surface area contributed by atoms with Crippen LogP contribution in [-0.4, -0.2) is 34.7 Å². The molecule has 0 fully saturated rings. The summed E-state index contributed by atoms with van der Waals surface area (Å²) >= 11 is 8.92. The van der Waals surface area contributed by atoms with E-state index in [1.54, 1.807) is 40.2 Å². The number of hydrogen-bond donors (Lipinski definition) is 1. The third-order valence-electron chi connectivity index (χ3n) is 6.19. The van der Waals surface area contributed by atoms with Crippen molar-refractivity contribution in [1.82, 2.24) is 9.55 Å². The average molecular weight is 511 g/mol. The first-order valence-electron chi connectivity index (χ1n) is 11.3. The van der Waals surface area contributed by atoms with Crippen molar-refractivity contribution in [3.05, 3.63) is 91.5 Å². The fraction of sp³-hybridized carbons (Fsp3) is 0.269. The molecule has 8 heteroatoms. The van der Waals surface area contributed by atoms with Crippen LogP contribution < -0.4 is 10.5 Å². The highest BCUT2D eigenvalue weighted by Crippen LogP contribution is 2.31. The Morgan fingerprint density at radius 3 is 2.71 bits per heavy atom. The van der Waals surface area contributed by atoms with E-state index < -0.39 is 0 Å². The lowest BCUT2D eigenvalue weighted by Crippen LogP contribution is -3.08. The Bertz CT molecular complexity index is 1400. The summed E-state index contributed by atoms with van der Waals surface area (Å²) in [7, 11) is 2.18. The topological polar surface area (TPSA) is 56.4 Å². The van der Waals surface area contributed by atoms with Gasteiger partial charge >= 0.3 is 0 Å². The molecular weight excluding hydrogens is 486 g/mol. The fourth-order valence-electron chi connectivity index (χ4n) is 4.32. The Hall–Kier alpha value is -2.45. The fourth-order valence-corrected chi connectivity index (χ4v) is 6.74. The molecule has 1 aliphatic rings. The van der Waals surface area contributed by atoms with Gasteiger partial charge in [0.2, 0.25) is 0 Å². The molecule has 174 valence electrons. The van der Waals surface area contributed by atoms with Crippen molar-refractivity contribution in [2.45, 2.75) is 31.1 Å². The van der Waals surface area contributed by atoms with Crippen LogP contribution in [0.1, 0.15) is 26.4 Å². The number of thiophene rings is 1. The number of fused-ring (bicyclic) bond motifs is 3. The Labute approximate surface area is 211 Å². The summed E-state index contributed by atoms with van der Waals surface area (Å²) in [6, 6.07) is 17.0. The van der Waals surface area contributed by atoms with Crippen LogP contribution in [-0.2, 0) is 25.9 Å². The SMILES string of the molecule is C[NH+]1CCc2c(sc3nc(SCC(=O)c4ccc(Cl)cc4)n(CCc4ccccc4)c(=O)c23)C1. The lowest BCUT2D eigenvalue weighted by Gasteiger charge is -2.19. The molecule has 3 heterocycles. The average Bonchev–Trinajstić information content (AvgIpc) is 3.20. The second kappa shape index (κ2) is 10.0. The second-order valence-electron chi connectivity index (χ2n) is 8.62. The lowest BCUT2D eigenvalue weighted by molar-refractivity contribution is -0.895. The van der Waals surface area contributed by atoms with Crippen LogP contribution in [0.4, 0.5) is 0 Å². The number of Topliss-reactive ketones (excluding diaryl/α,β-unsaturated/α-hetero) is 1. The van der Waals surface area contributed by atoms with Gasteiger partial charge in [-0.2, -0.15) is 0 Å². The van der Waals surface area contributed by atoms with Gasteiger partial charge in [0.1, 0.15) is 11.4 Å². The zero-order valence-electron chi connectivity index (χ0n) is 18.8. The Kier molecular flexibility index (Phi) is 6.88. The van der Waals surface area contributed by atoms with Gasteiger partial charge < -0.3 is 4.90 Å². The van der Waals surface area contributed by atoms with Crippen LogP contribution in [0, 0.1) is 0 Å². The summed E-state index contributed by atoms with van der Waals surface area (Å²) < 4.78 is 1.77. The van der Waals surface area contributed by atoms with Crippen molar-refractivity contribution >= 4 is 50.7 Å². The normalized spacial score (nSPS) is 15.4. The van der Waals surface area contributed by atoms with E-state index in [1.165, 1.54) is 32.7 Å². The van der Waals surface area contributed by atoms with Crippen LogP contribution in [0.2, 0.25) is 5.02 Å². The highest BCUT2D eigenvalue weighted by atomic mass is 35.5. The van der Waals surface area contributed by atoms with E-state index in [9.17, 15) is 9.59 Å². The highest BCUT2D eigenvalue weighted by Gasteiger charge is 2.26. The molecule has 1 aliphatic heterocycles. The molecule has 5 nitrogen and oxygen atoms in total. The van der Waals surface area contributed by atoms with Gasteiger partial charge in [-0.25, -0.2) is 4.98 Å². The predicted octanol–water partition coefficient (Wildman–Crippen LogP) is 3.90. The Morgan fingerprint density at radius 2 is 1.94 bits per heavy atom. The van der Waals surface area contributed by atoms with Crippen LogP contribution >= 0.6 is 34.7 Å². The van der Waals surface area contributed by atoms with Gasteiger partial charge in [0, 0.05) is 23.6 Å². The summed E-state index contributed by atoms with van der Waals surface area (Å²) in [4.78, 5) is 35.0. The summed E-state index contributed by atoms with van der Waals surface area (Å²) in [5, 5.41) is 1.98. The monoisotopic (exact) mass is 510 g/mol. The molecule has 0 radical (unpaired) electrons. The number of hydrogen-bond acceptors (Lipinski definition) is 5. The number of quaternary nitrogens is 1. The lowest BCUT2D eigenvalue weighted by atomic mass is 10.1. The van der Waals surface area contributed by atoms with E-state index in [0.717, 1.165) is 36.1 Å². The first-order valence-corrected chi connectivity index (χ1v) is 13.5. The number of carbonyl (C=O) groups is 1. The van der Waals surface area contributed by atoms with E-state index in [1.807, 2.05) is 18.2 Å². The molecule has 0 amide bonds. The van der Waals surface area contributed by atoms with Crippen molar-refractivity contribution in [3.63, 3.8) is 0 Å². The molecule has 2 aromatic carbocycles. The number of rotatable bonds is 7. The summed E-state index contributed by atoms with van der Waals surface area (Å²) in [6.45, 7) is 2.48. The standard InChI is InChI=1S/C26H24ClN3O2S2/c1-29-13-12-20-22(15-29)34-24-23(20)25(32)30(14-11-17-5-3-2-4-6-17)26(28-24)33-16-21(31)18-7-9-19(27)10-8-18/h2-10H,11-16H2,1H3/p+1. The molecule has 4 aromatic rings. The van der Waals surface area contributed by atoms with E-state index in [2.05, 4.69) is 19.2 Å². The van der Waals surface area contributed by atoms with Gasteiger partial charge in [0.25, 0.3) is 5.56 Å². The van der Waals surface area contributed by atoms with Crippen LogP contribution in [0.25, 0.3) is 10.2 Å². The number of nitrogens with one attached hydrogen (secondary N) is 1. The molecule has 34 heavy (non-hydrogen) atoms. The quantitative estimate of drug-likeness (QED) is 0.233. The molecule has 0 saturated carbocycles. The molecule has 1 atom stereocenters. The van der Waals surface area contributed by atoms with Gasteiger partial charge in [-0.3, -0.25) is 14.2 Å². The molecule has 0 spiro atoms. The number of aromatic nitrogens is 2. The number of likely N-dealkylation sites (N-methyl/N-ethyl adjacent to an activating group) is 1. The van der Waals surface area contributed by atoms with Crippen molar-refractivity contribution < 1.29 is 9.69 Å². The number of ketones is 1. The van der Waals surface area contributed by atoms with Gasteiger partial charge in [-0.1, -0.05) is 53.7 Å². The minimum absolute atomic E-state index is 0.0127. The van der Waals surface area contributed by atoms with Crippen LogP contribution in [0.15, 0.2) is 64.5 Å². The Morgan fingerprint density at radius 1 is 1.18 bits per heavy atom. The Balaban J connectivity index is 1.49. The van der Waals surface area contributed by atoms with Gasteiger partial charge in [0.05, 0.1) is 29.6 Å². The molecule has 5 rings (SSSR count). The maximum absolute atomic E-state index is 13.7. The maximum atomic E-state index is 13.7. The van der Waals surface area contributed by atoms with E-state index in [0.29, 0.717) is 22.3 Å². The number of halogens is 1. The number of benzene rings is 2. The van der Waals surface area contributed by atoms with Crippen molar-refractivity contribution in [3.8, 4) is 0 Å². The minimum atomic E-state index is -0.0127. The predicted molar refractivity (Wildman–Crippen MR) is 140 cm³/mol. The van der Waals surface area contributed by atoms with Crippen LogP contribution in [0.5, 0.6) is 0 Å². The first kappa shape index (κ1) is 23.3. The van der Waals surface area contributed by atoms with E-state index in [-0.39, 0.29) is 17.1 Å². The van der Waals surface area contributed by atoms with E-state index >= 15 is 0 Å². The largest absolute Gasteiger partial charge is 0.333 e. The summed E-state index contributed by atoms with van der Waals surface area (Å²) in [5.74, 6) is 0.199. The second-order valence-corrected chi connectivity index (χ2v) is 11.1. The smallest absolute Gasteiger partial charge is 0.263 e. The zero-order valence-corrected chi connectivity index (χ0v) is 21.2. The zero-order chi connectivity index (χ0) is 23.7. The third-order valence-corrected chi connectivity index (χ3v) is 8.54. The molecule has 0 aliphatic carbocycles. The van der Waals surface area contributed by atoms with Crippen molar-refractivity contribution in [2.75, 3.05) is 19.3 Å². The van der Waals surface area contributed by atoms with Crippen LogP contribution in [0.3, 0.4) is 0 Å². The first-order chi connectivity index (χ1) is 16.5. The molecule has 0 bridgehead atoms. The van der Waals surface area contributed by atoms with Crippen molar-refractivity contribution in [1.29, 1.82) is 0 Å². The van der Waals surface area contributed by atoms with Gasteiger partial charge in [0.15, 0.2) is 10.9 Å². The molecule has 1 unspecified atom stereocenters. The van der Waals surface area contributed by atoms with Crippen molar-refractivity contribution in [2.24, 2.45) is 0 Å². The number of thioether (sulfide) groups is 1. The molecular formula is C26H25ClN3O2S2+. The van der Waals surface area contributed by atoms with Gasteiger partial charge in [-0.15, -0.1) is 11.3 Å². The number of aryl methyl sites for hydroxylation is 1. The summed E-state index contributed by atoms with van der Waals surface area (Å²) in [6.07, 6.45) is 1.63. The number of carbonyl (C=O) groups excluding carboxylic acids is 1. The highest BCUT2D eigenvalue weighted by molar-refractivity contribution is 7.99. The molecule has 0 saturated heterocycles. The minimum Gasteiger partial charge on any atom is -0.333 e. The molecule has 1 N–H and O–H groups in total. The number of nitrogens with zero attached hydrogens (tertiary/aromatic N) is 2. The van der Waals surface area contributed by atoms with Gasteiger partial charge in [-0.05, 0) is 41.8 Å². The maximum Gasteiger partial charge on any atom is 0.263 e. The third kappa shape index (κ3) is 4.84.